The number of hydrogen-bond donors (Lipinski definition) is 2. The number of morpholine rings is 1. The second-order valence-electron chi connectivity index (χ2n) is 5.30. The van der Waals surface area contributed by atoms with E-state index < -0.39 is 12.7 Å². The van der Waals surface area contributed by atoms with E-state index in [9.17, 15) is 13.6 Å². The van der Waals surface area contributed by atoms with E-state index in [1.807, 2.05) is 6.92 Å². The minimum atomic E-state index is -2.95. The Morgan fingerprint density at radius 2 is 2.33 bits per heavy atom. The summed E-state index contributed by atoms with van der Waals surface area (Å²) < 4.78 is 40.4. The standard InChI is InChI=1S/C16H22F2N2O4/c1-2-6-23-12-4-3-11(14(8-12)24-16(17)18)9-20-15(21)13-10-22-7-5-19-13/h3-4,8,13,16,19H,2,5-7,9-10H2,1H3,(H,20,21). The fourth-order valence-corrected chi connectivity index (χ4v) is 2.24. The number of carbonyl (C=O) groups is 1. The molecule has 1 aliphatic heterocycles. The molecule has 1 saturated heterocycles. The monoisotopic (exact) mass is 344 g/mol. The third-order valence-electron chi connectivity index (χ3n) is 3.42. The van der Waals surface area contributed by atoms with Gasteiger partial charge in [0.05, 0.1) is 19.8 Å². The van der Waals surface area contributed by atoms with Crippen molar-refractivity contribution in [3.05, 3.63) is 23.8 Å². The van der Waals surface area contributed by atoms with Crippen LogP contribution in [0.3, 0.4) is 0 Å². The van der Waals surface area contributed by atoms with Crippen molar-refractivity contribution in [3.8, 4) is 11.5 Å². The maximum absolute atomic E-state index is 12.6. The van der Waals surface area contributed by atoms with Crippen molar-refractivity contribution >= 4 is 5.91 Å². The molecule has 2 rings (SSSR count). The molecular weight excluding hydrogens is 322 g/mol. The van der Waals surface area contributed by atoms with E-state index in [1.165, 1.54) is 6.07 Å². The van der Waals surface area contributed by atoms with Crippen LogP contribution in [0.1, 0.15) is 18.9 Å². The number of alkyl halides is 2. The lowest BCUT2D eigenvalue weighted by Gasteiger charge is -2.23. The summed E-state index contributed by atoms with van der Waals surface area (Å²) in [5.41, 5.74) is 0.448. The van der Waals surface area contributed by atoms with Crippen LogP contribution in [-0.2, 0) is 16.1 Å². The lowest BCUT2D eigenvalue weighted by molar-refractivity contribution is -0.126. The van der Waals surface area contributed by atoms with Crippen LogP contribution in [0.2, 0.25) is 0 Å². The highest BCUT2D eigenvalue weighted by atomic mass is 19.3. The molecule has 0 radical (unpaired) electrons. The third kappa shape index (κ3) is 5.61. The van der Waals surface area contributed by atoms with E-state index in [2.05, 4.69) is 15.4 Å². The number of carbonyl (C=O) groups excluding carboxylic acids is 1. The molecule has 24 heavy (non-hydrogen) atoms. The first-order valence-corrected chi connectivity index (χ1v) is 7.89. The van der Waals surface area contributed by atoms with E-state index >= 15 is 0 Å². The van der Waals surface area contributed by atoms with Crippen LogP contribution < -0.4 is 20.1 Å². The fourth-order valence-electron chi connectivity index (χ4n) is 2.24. The molecule has 1 aromatic rings. The molecule has 1 aliphatic rings. The molecule has 0 aromatic heterocycles. The Bertz CT molecular complexity index is 537. The molecule has 8 heteroatoms. The molecule has 1 amide bonds. The first-order valence-electron chi connectivity index (χ1n) is 7.89. The van der Waals surface area contributed by atoms with Gasteiger partial charge in [-0.1, -0.05) is 6.92 Å². The topological polar surface area (TPSA) is 68.8 Å². The molecule has 134 valence electrons. The van der Waals surface area contributed by atoms with Crippen LogP contribution in [-0.4, -0.2) is 44.9 Å². The summed E-state index contributed by atoms with van der Waals surface area (Å²) in [7, 11) is 0. The summed E-state index contributed by atoms with van der Waals surface area (Å²) in [5.74, 6) is 0.195. The lowest BCUT2D eigenvalue weighted by Crippen LogP contribution is -2.51. The van der Waals surface area contributed by atoms with Crippen molar-refractivity contribution in [2.45, 2.75) is 32.5 Å². The van der Waals surface area contributed by atoms with Crippen LogP contribution >= 0.6 is 0 Å². The number of halogens is 2. The summed E-state index contributed by atoms with van der Waals surface area (Å²) in [6.07, 6.45) is 0.805. The summed E-state index contributed by atoms with van der Waals surface area (Å²) >= 11 is 0. The van der Waals surface area contributed by atoms with Crippen LogP contribution in [0.15, 0.2) is 18.2 Å². The van der Waals surface area contributed by atoms with Gasteiger partial charge in [-0.15, -0.1) is 0 Å². The zero-order valence-corrected chi connectivity index (χ0v) is 13.5. The molecule has 0 aliphatic carbocycles. The molecule has 0 spiro atoms. The number of amides is 1. The molecule has 1 heterocycles. The van der Waals surface area contributed by atoms with Gasteiger partial charge >= 0.3 is 6.61 Å². The molecule has 2 N–H and O–H groups in total. The van der Waals surface area contributed by atoms with E-state index in [4.69, 9.17) is 9.47 Å². The van der Waals surface area contributed by atoms with Gasteiger partial charge in [-0.3, -0.25) is 4.79 Å². The molecule has 0 saturated carbocycles. The first-order chi connectivity index (χ1) is 11.6. The average Bonchev–Trinajstić information content (AvgIpc) is 2.59. The van der Waals surface area contributed by atoms with E-state index in [0.29, 0.717) is 31.1 Å². The zero-order chi connectivity index (χ0) is 17.4. The van der Waals surface area contributed by atoms with Gasteiger partial charge in [0.1, 0.15) is 17.5 Å². The Balaban J connectivity index is 2.00. The maximum Gasteiger partial charge on any atom is 0.387 e. The molecule has 6 nitrogen and oxygen atoms in total. The van der Waals surface area contributed by atoms with Gasteiger partial charge in [0.2, 0.25) is 5.91 Å². The normalized spacial score (nSPS) is 17.6. The second-order valence-corrected chi connectivity index (χ2v) is 5.30. The van der Waals surface area contributed by atoms with Crippen molar-refractivity contribution in [2.24, 2.45) is 0 Å². The van der Waals surface area contributed by atoms with Crippen LogP contribution in [0.25, 0.3) is 0 Å². The van der Waals surface area contributed by atoms with Crippen molar-refractivity contribution in [2.75, 3.05) is 26.4 Å². The van der Waals surface area contributed by atoms with Crippen LogP contribution in [0.5, 0.6) is 11.5 Å². The summed E-state index contributed by atoms with van der Waals surface area (Å²) in [6, 6.07) is 4.24. The Kier molecular flexibility index (Phi) is 7.20. The summed E-state index contributed by atoms with van der Waals surface area (Å²) in [4.78, 5) is 12.0. The average molecular weight is 344 g/mol. The minimum Gasteiger partial charge on any atom is -0.493 e. The predicted octanol–water partition coefficient (Wildman–Crippen LogP) is 1.68. The molecular formula is C16H22F2N2O4. The van der Waals surface area contributed by atoms with Gasteiger partial charge in [-0.2, -0.15) is 8.78 Å². The van der Waals surface area contributed by atoms with Gasteiger partial charge in [0.15, 0.2) is 0 Å². The van der Waals surface area contributed by atoms with Gasteiger partial charge < -0.3 is 24.8 Å². The van der Waals surface area contributed by atoms with E-state index in [1.54, 1.807) is 12.1 Å². The van der Waals surface area contributed by atoms with Crippen molar-refractivity contribution in [1.29, 1.82) is 0 Å². The minimum absolute atomic E-state index is 0.00763. The summed E-state index contributed by atoms with van der Waals surface area (Å²) in [5, 5.41) is 5.72. The number of hydrogen-bond acceptors (Lipinski definition) is 5. The quantitative estimate of drug-likeness (QED) is 0.751. The van der Waals surface area contributed by atoms with Gasteiger partial charge in [-0.05, 0) is 18.6 Å². The Morgan fingerprint density at radius 3 is 3.00 bits per heavy atom. The SMILES string of the molecule is CCCOc1ccc(CNC(=O)C2COCCN2)c(OC(F)F)c1. The predicted molar refractivity (Wildman–Crippen MR) is 83.3 cm³/mol. The number of benzene rings is 1. The van der Waals surface area contributed by atoms with E-state index in [-0.39, 0.29) is 24.8 Å². The third-order valence-corrected chi connectivity index (χ3v) is 3.42. The van der Waals surface area contributed by atoms with Gasteiger partial charge in [0, 0.05) is 24.7 Å². The van der Waals surface area contributed by atoms with Crippen molar-refractivity contribution < 1.29 is 27.8 Å². The Morgan fingerprint density at radius 1 is 1.50 bits per heavy atom. The van der Waals surface area contributed by atoms with Gasteiger partial charge in [0.25, 0.3) is 0 Å². The number of rotatable bonds is 8. The fraction of sp³-hybridized carbons (Fsp3) is 0.562. The largest absolute Gasteiger partial charge is 0.493 e. The van der Waals surface area contributed by atoms with Gasteiger partial charge in [-0.25, -0.2) is 0 Å². The van der Waals surface area contributed by atoms with E-state index in [0.717, 1.165) is 6.42 Å². The number of nitrogens with one attached hydrogen (secondary N) is 2. The molecule has 1 aromatic carbocycles. The molecule has 1 unspecified atom stereocenters. The Labute approximate surface area is 139 Å². The lowest BCUT2D eigenvalue weighted by atomic mass is 10.1. The molecule has 1 fully saturated rings. The van der Waals surface area contributed by atoms with Crippen LogP contribution in [0, 0.1) is 0 Å². The van der Waals surface area contributed by atoms with Crippen molar-refractivity contribution in [3.63, 3.8) is 0 Å². The smallest absolute Gasteiger partial charge is 0.387 e. The van der Waals surface area contributed by atoms with Crippen LogP contribution in [0.4, 0.5) is 8.78 Å². The zero-order valence-electron chi connectivity index (χ0n) is 13.5. The first kappa shape index (κ1) is 18.4. The highest BCUT2D eigenvalue weighted by Gasteiger charge is 2.21. The molecule has 1 atom stereocenters. The Hall–Kier alpha value is -1.93. The summed E-state index contributed by atoms with van der Waals surface area (Å²) in [6.45, 7) is 1.01. The highest BCUT2D eigenvalue weighted by molar-refractivity contribution is 5.82. The highest BCUT2D eigenvalue weighted by Crippen LogP contribution is 2.26. The maximum atomic E-state index is 12.6. The van der Waals surface area contributed by atoms with Crippen molar-refractivity contribution in [1.82, 2.24) is 10.6 Å². The molecule has 0 bridgehead atoms. The number of ether oxygens (including phenoxy) is 3. The second kappa shape index (κ2) is 9.39.